The zero-order chi connectivity index (χ0) is 13.7. The van der Waals surface area contributed by atoms with Crippen molar-refractivity contribution in [3.8, 4) is 0 Å². The molecule has 0 radical (unpaired) electrons. The summed E-state index contributed by atoms with van der Waals surface area (Å²) in [6.45, 7) is 2.81. The number of hydrogen-bond acceptors (Lipinski definition) is 5. The molecule has 5 nitrogen and oxygen atoms in total. The monoisotopic (exact) mass is 281 g/mol. The molecule has 0 amide bonds. The van der Waals surface area contributed by atoms with E-state index >= 15 is 0 Å². The average molecular weight is 282 g/mol. The van der Waals surface area contributed by atoms with E-state index in [0.717, 1.165) is 5.56 Å². The number of nitrogens with zero attached hydrogens (tertiary/aromatic N) is 3. The first-order valence-electron chi connectivity index (χ1n) is 6.08. The zero-order valence-electron chi connectivity index (χ0n) is 10.7. The van der Waals surface area contributed by atoms with E-state index in [1.807, 2.05) is 35.2 Å². The Morgan fingerprint density at radius 2 is 2.05 bits per heavy atom. The first kappa shape index (κ1) is 13.8. The van der Waals surface area contributed by atoms with Gasteiger partial charge in [0.1, 0.15) is 5.38 Å². The average Bonchev–Trinajstić information content (AvgIpc) is 2.89. The van der Waals surface area contributed by atoms with E-state index in [1.54, 1.807) is 6.92 Å². The zero-order valence-corrected chi connectivity index (χ0v) is 11.4. The molecule has 0 bridgehead atoms. The predicted octanol–water partition coefficient (Wildman–Crippen LogP) is 2.37. The summed E-state index contributed by atoms with van der Waals surface area (Å²) >= 11 is 5.89. The van der Waals surface area contributed by atoms with Crippen molar-refractivity contribution in [2.45, 2.75) is 18.8 Å². The van der Waals surface area contributed by atoms with Gasteiger partial charge in [0.25, 0.3) is 0 Å². The lowest BCUT2D eigenvalue weighted by Gasteiger charge is -2.18. The molecule has 1 N–H and O–H groups in total. The Kier molecular flexibility index (Phi) is 4.76. The van der Waals surface area contributed by atoms with Crippen molar-refractivity contribution in [1.29, 1.82) is 0 Å². The van der Waals surface area contributed by atoms with E-state index in [2.05, 4.69) is 10.2 Å². The van der Waals surface area contributed by atoms with E-state index in [1.165, 1.54) is 0 Å². The van der Waals surface area contributed by atoms with Crippen molar-refractivity contribution in [1.82, 2.24) is 10.2 Å². The van der Waals surface area contributed by atoms with E-state index in [9.17, 15) is 0 Å². The fourth-order valence-corrected chi connectivity index (χ4v) is 1.77. The Morgan fingerprint density at radius 1 is 1.32 bits per heavy atom. The summed E-state index contributed by atoms with van der Waals surface area (Å²) in [5.74, 6) is 0.382. The summed E-state index contributed by atoms with van der Waals surface area (Å²) < 4.78 is 5.49. The van der Waals surface area contributed by atoms with Gasteiger partial charge in [0.2, 0.25) is 5.89 Å². The molecule has 1 atom stereocenters. The fraction of sp³-hybridized carbons (Fsp3) is 0.385. The molecule has 0 saturated carbocycles. The van der Waals surface area contributed by atoms with Crippen LogP contribution in [0.2, 0.25) is 0 Å². The van der Waals surface area contributed by atoms with Gasteiger partial charge in [-0.2, -0.15) is 0 Å². The van der Waals surface area contributed by atoms with Crippen molar-refractivity contribution in [2.24, 2.45) is 0 Å². The van der Waals surface area contributed by atoms with Gasteiger partial charge < -0.3 is 14.4 Å². The van der Waals surface area contributed by atoms with Crippen LogP contribution in [0.5, 0.6) is 0 Å². The minimum atomic E-state index is -0.325. The maximum Gasteiger partial charge on any atom is 0.318 e. The van der Waals surface area contributed by atoms with Crippen LogP contribution in [0, 0.1) is 0 Å². The van der Waals surface area contributed by atoms with E-state index in [0.29, 0.717) is 25.0 Å². The van der Waals surface area contributed by atoms with Crippen LogP contribution in [0.15, 0.2) is 34.7 Å². The Balaban J connectivity index is 2.14. The highest BCUT2D eigenvalue weighted by Gasteiger charge is 2.16. The van der Waals surface area contributed by atoms with Gasteiger partial charge in [0.15, 0.2) is 0 Å². The first-order valence-corrected chi connectivity index (χ1v) is 6.51. The number of aromatic nitrogens is 2. The van der Waals surface area contributed by atoms with Crippen molar-refractivity contribution in [3.05, 3.63) is 41.8 Å². The molecule has 0 aliphatic rings. The lowest BCUT2D eigenvalue weighted by Crippen LogP contribution is -2.26. The summed E-state index contributed by atoms with van der Waals surface area (Å²) in [7, 11) is 0. The van der Waals surface area contributed by atoms with Crippen LogP contribution in [0.3, 0.4) is 0 Å². The quantitative estimate of drug-likeness (QED) is 0.824. The lowest BCUT2D eigenvalue weighted by atomic mass is 10.2. The maximum atomic E-state index is 9.13. The molecule has 19 heavy (non-hydrogen) atoms. The van der Waals surface area contributed by atoms with Crippen LogP contribution in [0.25, 0.3) is 0 Å². The molecule has 1 aromatic heterocycles. The number of hydrogen-bond donors (Lipinski definition) is 1. The molecule has 1 heterocycles. The second-order valence-corrected chi connectivity index (χ2v) is 4.82. The number of alkyl halides is 1. The molecule has 0 aliphatic heterocycles. The standard InChI is InChI=1S/C13H16ClN3O2/c1-10(14)12-15-16-13(19-12)17(7-8-18)9-11-5-3-2-4-6-11/h2-6,10,18H,7-9H2,1H3. The minimum absolute atomic E-state index is 0.0149. The molecule has 1 aromatic carbocycles. The number of rotatable bonds is 6. The van der Waals surface area contributed by atoms with Gasteiger partial charge in [-0.3, -0.25) is 0 Å². The molecule has 0 saturated heterocycles. The second kappa shape index (κ2) is 6.54. The molecule has 6 heteroatoms. The maximum absolute atomic E-state index is 9.13. The summed E-state index contributed by atoms with van der Waals surface area (Å²) in [4.78, 5) is 1.82. The molecule has 102 valence electrons. The molecule has 0 fully saturated rings. The van der Waals surface area contributed by atoms with Gasteiger partial charge in [-0.05, 0) is 12.5 Å². The molecule has 2 rings (SSSR count). The number of benzene rings is 1. The van der Waals surface area contributed by atoms with Crippen molar-refractivity contribution >= 4 is 17.6 Å². The third-order valence-corrected chi connectivity index (χ3v) is 2.81. The molecule has 0 spiro atoms. The Morgan fingerprint density at radius 3 is 2.63 bits per heavy atom. The largest absolute Gasteiger partial charge is 0.406 e. The lowest BCUT2D eigenvalue weighted by molar-refractivity contribution is 0.297. The van der Waals surface area contributed by atoms with E-state index < -0.39 is 0 Å². The summed E-state index contributed by atoms with van der Waals surface area (Å²) in [6, 6.07) is 10.3. The van der Waals surface area contributed by atoms with E-state index in [4.69, 9.17) is 21.1 Å². The summed E-state index contributed by atoms with van der Waals surface area (Å²) in [5, 5.41) is 16.7. The Bertz CT molecular complexity index is 502. The highest BCUT2D eigenvalue weighted by atomic mass is 35.5. The normalized spacial score (nSPS) is 12.4. The summed E-state index contributed by atoms with van der Waals surface area (Å²) in [5.41, 5.74) is 1.11. The second-order valence-electron chi connectivity index (χ2n) is 4.17. The third kappa shape index (κ3) is 3.68. The highest BCUT2D eigenvalue weighted by molar-refractivity contribution is 6.20. The number of anilines is 1. The molecular formula is C13H16ClN3O2. The number of halogens is 1. The van der Waals surface area contributed by atoms with Gasteiger partial charge in [0.05, 0.1) is 6.61 Å². The van der Waals surface area contributed by atoms with Crippen LogP contribution in [0.1, 0.15) is 23.8 Å². The topological polar surface area (TPSA) is 62.4 Å². The van der Waals surface area contributed by atoms with Gasteiger partial charge in [-0.15, -0.1) is 16.7 Å². The minimum Gasteiger partial charge on any atom is -0.406 e. The van der Waals surface area contributed by atoms with Gasteiger partial charge in [-0.25, -0.2) is 0 Å². The summed E-state index contributed by atoms with van der Waals surface area (Å²) in [6.07, 6.45) is 0. The third-order valence-electron chi connectivity index (χ3n) is 2.63. The first-order chi connectivity index (χ1) is 9.20. The molecule has 2 aromatic rings. The van der Waals surface area contributed by atoms with E-state index in [-0.39, 0.29) is 12.0 Å². The van der Waals surface area contributed by atoms with Crippen molar-refractivity contribution in [3.63, 3.8) is 0 Å². The highest BCUT2D eigenvalue weighted by Crippen LogP contribution is 2.22. The molecule has 0 aliphatic carbocycles. The Labute approximate surface area is 116 Å². The van der Waals surface area contributed by atoms with Crippen LogP contribution in [-0.4, -0.2) is 28.5 Å². The smallest absolute Gasteiger partial charge is 0.318 e. The van der Waals surface area contributed by atoms with Crippen LogP contribution in [-0.2, 0) is 6.54 Å². The van der Waals surface area contributed by atoms with Gasteiger partial charge >= 0.3 is 6.01 Å². The van der Waals surface area contributed by atoms with Crippen LogP contribution >= 0.6 is 11.6 Å². The van der Waals surface area contributed by atoms with Gasteiger partial charge in [0, 0.05) is 13.1 Å². The SMILES string of the molecule is CC(Cl)c1nnc(N(CCO)Cc2ccccc2)o1. The Hall–Kier alpha value is -1.59. The predicted molar refractivity (Wildman–Crippen MR) is 73.1 cm³/mol. The van der Waals surface area contributed by atoms with Crippen molar-refractivity contribution < 1.29 is 9.52 Å². The van der Waals surface area contributed by atoms with Crippen LogP contribution in [0.4, 0.5) is 6.01 Å². The molecular weight excluding hydrogens is 266 g/mol. The van der Waals surface area contributed by atoms with Crippen LogP contribution < -0.4 is 4.90 Å². The van der Waals surface area contributed by atoms with Crippen molar-refractivity contribution in [2.75, 3.05) is 18.1 Å². The fourth-order valence-electron chi connectivity index (χ4n) is 1.68. The number of aliphatic hydroxyl groups is 1. The number of aliphatic hydroxyl groups excluding tert-OH is 1. The van der Waals surface area contributed by atoms with Gasteiger partial charge in [-0.1, -0.05) is 35.4 Å². The molecule has 1 unspecified atom stereocenters.